The van der Waals surface area contributed by atoms with Gasteiger partial charge in [0.25, 0.3) is 0 Å². The van der Waals surface area contributed by atoms with Crippen molar-refractivity contribution >= 4 is 25.7 Å². The first-order valence-corrected chi connectivity index (χ1v) is 32.4. The van der Waals surface area contributed by atoms with E-state index < -0.39 is 57.8 Å². The number of aliphatic hydroxyl groups is 1. The SMILES string of the molecule is CCCCC/C=C\C/C=C\CCCCCCCCCC(=O)OCC(COP(=O)(O)OCC(CO)OC(=O)CCCCCCC/C=C\CCCCCC)OC(=O)CCCCCCCCCCCCCCCCCCC. The van der Waals surface area contributed by atoms with Crippen LogP contribution in [0.3, 0.4) is 0 Å². The van der Waals surface area contributed by atoms with Gasteiger partial charge in [0.2, 0.25) is 0 Å². The number of rotatable bonds is 58. The summed E-state index contributed by atoms with van der Waals surface area (Å²) in [7, 11) is -4.75. The molecule has 3 unspecified atom stereocenters. The van der Waals surface area contributed by atoms with Crippen molar-refractivity contribution in [3.05, 3.63) is 36.5 Å². The number of hydrogen-bond donors (Lipinski definition) is 2. The summed E-state index contributed by atoms with van der Waals surface area (Å²) in [6.45, 7) is 4.64. The first-order valence-electron chi connectivity index (χ1n) is 30.9. The van der Waals surface area contributed by atoms with Crippen LogP contribution in [0.1, 0.15) is 303 Å². The summed E-state index contributed by atoms with van der Waals surface area (Å²) in [6, 6.07) is 0. The lowest BCUT2D eigenvalue weighted by Crippen LogP contribution is -2.30. The number of carbonyl (C=O) groups excluding carboxylic acids is 3. The second-order valence-electron chi connectivity index (χ2n) is 20.9. The molecule has 434 valence electrons. The molecular formula is C62H115O11P. The van der Waals surface area contributed by atoms with Crippen LogP contribution in [0.15, 0.2) is 36.5 Å². The first kappa shape index (κ1) is 71.7. The van der Waals surface area contributed by atoms with Crippen molar-refractivity contribution in [3.63, 3.8) is 0 Å². The predicted molar refractivity (Wildman–Crippen MR) is 307 cm³/mol. The van der Waals surface area contributed by atoms with Gasteiger partial charge < -0.3 is 24.2 Å². The quantitative estimate of drug-likeness (QED) is 0.0197. The van der Waals surface area contributed by atoms with Crippen LogP contribution < -0.4 is 0 Å². The monoisotopic (exact) mass is 1070 g/mol. The second kappa shape index (κ2) is 56.9. The van der Waals surface area contributed by atoms with Gasteiger partial charge in [-0.3, -0.25) is 23.4 Å². The lowest BCUT2D eigenvalue weighted by molar-refractivity contribution is -0.161. The molecule has 0 aromatic heterocycles. The minimum absolute atomic E-state index is 0.170. The van der Waals surface area contributed by atoms with Crippen LogP contribution in [-0.4, -0.2) is 66.5 Å². The maximum Gasteiger partial charge on any atom is 0.472 e. The van der Waals surface area contributed by atoms with Gasteiger partial charge in [0, 0.05) is 19.3 Å². The van der Waals surface area contributed by atoms with Crippen LogP contribution in [0.4, 0.5) is 0 Å². The van der Waals surface area contributed by atoms with E-state index in [2.05, 4.69) is 57.2 Å². The van der Waals surface area contributed by atoms with Gasteiger partial charge in [-0.05, 0) is 77.0 Å². The third-order valence-electron chi connectivity index (χ3n) is 13.5. The fraction of sp³-hybridized carbons (Fsp3) is 0.855. The Balaban J connectivity index is 4.70. The number of aliphatic hydroxyl groups excluding tert-OH is 1. The zero-order chi connectivity index (χ0) is 54.1. The largest absolute Gasteiger partial charge is 0.472 e. The Morgan fingerprint density at radius 3 is 1.05 bits per heavy atom. The second-order valence-corrected chi connectivity index (χ2v) is 22.3. The number of phosphoric acid groups is 1. The maximum atomic E-state index is 12.9. The molecule has 0 fully saturated rings. The average Bonchev–Trinajstić information content (AvgIpc) is 3.39. The van der Waals surface area contributed by atoms with E-state index in [1.54, 1.807) is 0 Å². The van der Waals surface area contributed by atoms with Gasteiger partial charge >= 0.3 is 25.7 Å². The third kappa shape index (κ3) is 54.5. The van der Waals surface area contributed by atoms with Gasteiger partial charge in [-0.1, -0.05) is 243 Å². The van der Waals surface area contributed by atoms with Crippen molar-refractivity contribution < 1.29 is 52.2 Å². The molecule has 0 radical (unpaired) electrons. The molecule has 0 aromatic rings. The standard InChI is InChI=1S/C62H115O11P/c1-4-7-10-13-16-19-22-25-27-29-31-34-36-39-42-45-48-51-60(64)69-55-59(73-62(66)53-50-47-44-41-38-35-32-30-28-26-23-20-17-14-11-8-5-2)57-71-74(67,68)70-56-58(54-63)72-61(65)52-49-46-43-40-37-33-24-21-18-15-12-9-6-3/h16,19,21,24-25,27,58-59,63H,4-15,17-18,20,22-23,26,28-57H2,1-3H3,(H,67,68)/b19-16-,24-21-,27-25-. The summed E-state index contributed by atoms with van der Waals surface area (Å²) >= 11 is 0. The van der Waals surface area contributed by atoms with Crippen molar-refractivity contribution in [3.8, 4) is 0 Å². The van der Waals surface area contributed by atoms with Crippen LogP contribution in [0.2, 0.25) is 0 Å². The molecule has 0 aliphatic heterocycles. The smallest absolute Gasteiger partial charge is 0.462 e. The lowest BCUT2D eigenvalue weighted by atomic mass is 10.0. The van der Waals surface area contributed by atoms with Crippen LogP contribution >= 0.6 is 7.82 Å². The van der Waals surface area contributed by atoms with E-state index in [9.17, 15) is 28.9 Å². The Bertz CT molecular complexity index is 1380. The number of phosphoric ester groups is 1. The van der Waals surface area contributed by atoms with Crippen LogP contribution in [-0.2, 0) is 42.2 Å². The van der Waals surface area contributed by atoms with Crippen molar-refractivity contribution in [1.82, 2.24) is 0 Å². The fourth-order valence-electron chi connectivity index (χ4n) is 8.79. The van der Waals surface area contributed by atoms with E-state index in [-0.39, 0.29) is 25.9 Å². The van der Waals surface area contributed by atoms with Gasteiger partial charge in [0.1, 0.15) is 12.7 Å². The summed E-state index contributed by atoms with van der Waals surface area (Å²) in [4.78, 5) is 48.6. The van der Waals surface area contributed by atoms with Crippen molar-refractivity contribution in [2.75, 3.05) is 26.4 Å². The Hall–Kier alpha value is -2.30. The molecule has 0 heterocycles. The third-order valence-corrected chi connectivity index (χ3v) is 14.5. The number of unbranched alkanes of at least 4 members (excludes halogenated alkanes) is 35. The molecular weight excluding hydrogens is 952 g/mol. The molecule has 3 atom stereocenters. The summed E-state index contributed by atoms with van der Waals surface area (Å²) in [5, 5.41) is 9.82. The van der Waals surface area contributed by atoms with Gasteiger partial charge in [0.05, 0.1) is 19.8 Å². The zero-order valence-electron chi connectivity index (χ0n) is 48.1. The minimum atomic E-state index is -4.75. The Morgan fingerprint density at radius 2 is 0.662 bits per heavy atom. The summed E-state index contributed by atoms with van der Waals surface area (Å²) in [6.07, 6.45) is 59.5. The maximum absolute atomic E-state index is 12.9. The highest BCUT2D eigenvalue weighted by atomic mass is 31.2. The molecule has 0 aliphatic carbocycles. The van der Waals surface area contributed by atoms with Crippen molar-refractivity contribution in [2.24, 2.45) is 0 Å². The van der Waals surface area contributed by atoms with Crippen LogP contribution in [0, 0.1) is 0 Å². The number of allylic oxidation sites excluding steroid dienone is 6. The molecule has 0 aromatic carbocycles. The van der Waals surface area contributed by atoms with E-state index in [0.29, 0.717) is 19.3 Å². The Morgan fingerprint density at radius 1 is 0.378 bits per heavy atom. The normalized spacial score (nSPS) is 13.5. The van der Waals surface area contributed by atoms with Gasteiger partial charge in [0.15, 0.2) is 6.10 Å². The van der Waals surface area contributed by atoms with E-state index in [0.717, 1.165) is 89.9 Å². The molecule has 0 saturated carbocycles. The van der Waals surface area contributed by atoms with Crippen LogP contribution in [0.5, 0.6) is 0 Å². The van der Waals surface area contributed by atoms with E-state index in [4.69, 9.17) is 23.3 Å². The molecule has 2 N–H and O–H groups in total. The molecule has 11 nitrogen and oxygen atoms in total. The fourth-order valence-corrected chi connectivity index (χ4v) is 9.58. The van der Waals surface area contributed by atoms with E-state index in [1.165, 1.54) is 154 Å². The van der Waals surface area contributed by atoms with Gasteiger partial charge in [-0.25, -0.2) is 4.57 Å². The highest BCUT2D eigenvalue weighted by molar-refractivity contribution is 7.47. The number of ether oxygens (including phenoxy) is 3. The molecule has 0 rings (SSSR count). The number of hydrogen-bond acceptors (Lipinski definition) is 10. The predicted octanol–water partition coefficient (Wildman–Crippen LogP) is 18.4. The molecule has 0 spiro atoms. The van der Waals surface area contributed by atoms with Crippen molar-refractivity contribution in [2.45, 2.75) is 315 Å². The highest BCUT2D eigenvalue weighted by Crippen LogP contribution is 2.43. The molecule has 0 aliphatic rings. The van der Waals surface area contributed by atoms with Gasteiger partial charge in [-0.15, -0.1) is 0 Å². The first-order chi connectivity index (χ1) is 36.2. The van der Waals surface area contributed by atoms with E-state index in [1.807, 2.05) is 0 Å². The van der Waals surface area contributed by atoms with E-state index >= 15 is 0 Å². The molecule has 74 heavy (non-hydrogen) atoms. The van der Waals surface area contributed by atoms with Crippen molar-refractivity contribution in [1.29, 1.82) is 0 Å². The average molecular weight is 1070 g/mol. The molecule has 0 amide bonds. The minimum Gasteiger partial charge on any atom is -0.462 e. The van der Waals surface area contributed by atoms with Crippen LogP contribution in [0.25, 0.3) is 0 Å². The molecule has 0 bridgehead atoms. The number of esters is 3. The summed E-state index contributed by atoms with van der Waals surface area (Å²) in [5.41, 5.74) is 0. The number of carbonyl (C=O) groups is 3. The summed E-state index contributed by atoms with van der Waals surface area (Å²) < 4.78 is 39.6. The molecule has 0 saturated heterocycles. The topological polar surface area (TPSA) is 155 Å². The highest BCUT2D eigenvalue weighted by Gasteiger charge is 2.28. The molecule has 12 heteroatoms. The zero-order valence-corrected chi connectivity index (χ0v) is 49.0. The van der Waals surface area contributed by atoms with Gasteiger partial charge in [-0.2, -0.15) is 0 Å². The summed E-state index contributed by atoms with van der Waals surface area (Å²) in [5.74, 6) is -1.46. The Labute approximate surface area is 454 Å². The lowest BCUT2D eigenvalue weighted by Gasteiger charge is -2.21. The Kier molecular flexibility index (Phi) is 55.1.